The second-order valence-corrected chi connectivity index (χ2v) is 5.06. The fourth-order valence-electron chi connectivity index (χ4n) is 2.99. The Bertz CT molecular complexity index is 428. The lowest BCUT2D eigenvalue weighted by Crippen LogP contribution is -2.48. The van der Waals surface area contributed by atoms with Crippen molar-refractivity contribution in [1.29, 1.82) is 0 Å². The van der Waals surface area contributed by atoms with Gasteiger partial charge in [-0.15, -0.1) is 0 Å². The number of aryl methyl sites for hydroxylation is 1. The van der Waals surface area contributed by atoms with Gasteiger partial charge < -0.3 is 10.2 Å². The third-order valence-electron chi connectivity index (χ3n) is 3.86. The molecular weight excluding hydrogens is 216 g/mol. The number of fused-ring (bicyclic) bond motifs is 1. The first-order valence-corrected chi connectivity index (χ1v) is 6.29. The van der Waals surface area contributed by atoms with Gasteiger partial charge in [0.05, 0.1) is 0 Å². The van der Waals surface area contributed by atoms with Gasteiger partial charge in [-0.1, -0.05) is 0 Å². The number of aromatic amines is 1. The molecule has 92 valence electrons. The van der Waals surface area contributed by atoms with Crippen molar-refractivity contribution in [3.05, 3.63) is 17.5 Å². The molecule has 3 heterocycles. The van der Waals surface area contributed by atoms with E-state index >= 15 is 0 Å². The third-order valence-corrected chi connectivity index (χ3v) is 3.86. The molecule has 3 rings (SSSR count). The number of H-pyrrole nitrogens is 1. The summed E-state index contributed by atoms with van der Waals surface area (Å²) in [5.74, 6) is 0.709. The maximum absolute atomic E-state index is 12.4. The SMILES string of the molecule is Cc1cc(C(=O)N2CCCC3CNCC32)n[nH]1. The van der Waals surface area contributed by atoms with Crippen molar-refractivity contribution in [2.45, 2.75) is 25.8 Å². The number of hydrogen-bond acceptors (Lipinski definition) is 3. The van der Waals surface area contributed by atoms with Crippen molar-refractivity contribution < 1.29 is 4.79 Å². The lowest BCUT2D eigenvalue weighted by molar-refractivity contribution is 0.0568. The Hall–Kier alpha value is -1.36. The molecule has 17 heavy (non-hydrogen) atoms. The summed E-state index contributed by atoms with van der Waals surface area (Å²) >= 11 is 0. The van der Waals surface area contributed by atoms with Crippen molar-refractivity contribution in [2.75, 3.05) is 19.6 Å². The number of piperidine rings is 1. The molecular formula is C12H18N4O. The van der Waals surface area contributed by atoms with Gasteiger partial charge in [0.15, 0.2) is 0 Å². The summed E-state index contributed by atoms with van der Waals surface area (Å²) in [6, 6.07) is 2.20. The predicted molar refractivity (Wildman–Crippen MR) is 63.7 cm³/mol. The molecule has 2 saturated heterocycles. The molecule has 2 aliphatic heterocycles. The highest BCUT2D eigenvalue weighted by molar-refractivity contribution is 5.92. The first kappa shape index (κ1) is 10.8. The molecule has 5 nitrogen and oxygen atoms in total. The zero-order valence-corrected chi connectivity index (χ0v) is 10.1. The van der Waals surface area contributed by atoms with E-state index in [0.717, 1.165) is 31.7 Å². The van der Waals surface area contributed by atoms with E-state index in [1.54, 1.807) is 0 Å². The minimum Gasteiger partial charge on any atom is -0.333 e. The Morgan fingerprint density at radius 3 is 3.18 bits per heavy atom. The molecule has 2 N–H and O–H groups in total. The largest absolute Gasteiger partial charge is 0.333 e. The number of nitrogens with zero attached hydrogens (tertiary/aromatic N) is 2. The Kier molecular flexibility index (Phi) is 2.63. The van der Waals surface area contributed by atoms with Crippen molar-refractivity contribution in [1.82, 2.24) is 20.4 Å². The molecule has 0 bridgehead atoms. The Morgan fingerprint density at radius 2 is 2.41 bits per heavy atom. The molecule has 0 saturated carbocycles. The molecule has 2 unspecified atom stereocenters. The number of likely N-dealkylation sites (tertiary alicyclic amines) is 1. The molecule has 0 radical (unpaired) electrons. The Balaban J connectivity index is 1.81. The van der Waals surface area contributed by atoms with Gasteiger partial charge in [-0.25, -0.2) is 0 Å². The quantitative estimate of drug-likeness (QED) is 0.745. The summed E-state index contributed by atoms with van der Waals surface area (Å²) < 4.78 is 0. The van der Waals surface area contributed by atoms with Crippen molar-refractivity contribution in [2.24, 2.45) is 5.92 Å². The number of amides is 1. The lowest BCUT2D eigenvalue weighted by atomic mass is 9.92. The molecule has 2 atom stereocenters. The van der Waals surface area contributed by atoms with E-state index < -0.39 is 0 Å². The minimum atomic E-state index is 0.0766. The van der Waals surface area contributed by atoms with Gasteiger partial charge in [0, 0.05) is 31.4 Å². The fourth-order valence-corrected chi connectivity index (χ4v) is 2.99. The van der Waals surface area contributed by atoms with Crippen LogP contribution >= 0.6 is 0 Å². The average molecular weight is 234 g/mol. The summed E-state index contributed by atoms with van der Waals surface area (Å²) in [5.41, 5.74) is 1.49. The van der Waals surface area contributed by atoms with E-state index in [-0.39, 0.29) is 5.91 Å². The summed E-state index contributed by atoms with van der Waals surface area (Å²) in [5, 5.41) is 10.3. The summed E-state index contributed by atoms with van der Waals surface area (Å²) in [6.45, 7) is 4.77. The van der Waals surface area contributed by atoms with E-state index in [1.807, 2.05) is 17.9 Å². The molecule has 0 aliphatic carbocycles. The van der Waals surface area contributed by atoms with E-state index in [2.05, 4.69) is 15.5 Å². The van der Waals surface area contributed by atoms with Crippen LogP contribution in [0.2, 0.25) is 0 Å². The second-order valence-electron chi connectivity index (χ2n) is 5.06. The zero-order chi connectivity index (χ0) is 11.8. The molecule has 0 spiro atoms. The molecule has 1 amide bonds. The summed E-state index contributed by atoms with van der Waals surface area (Å²) in [4.78, 5) is 14.4. The second kappa shape index (κ2) is 4.14. The molecule has 2 fully saturated rings. The highest BCUT2D eigenvalue weighted by Crippen LogP contribution is 2.27. The number of aromatic nitrogens is 2. The molecule has 1 aromatic heterocycles. The maximum Gasteiger partial charge on any atom is 0.274 e. The van der Waals surface area contributed by atoms with Crippen LogP contribution < -0.4 is 5.32 Å². The number of carbonyl (C=O) groups excluding carboxylic acids is 1. The van der Waals surface area contributed by atoms with Gasteiger partial charge in [0.1, 0.15) is 5.69 Å². The average Bonchev–Trinajstić information content (AvgIpc) is 2.95. The molecule has 5 heteroatoms. The third kappa shape index (κ3) is 1.84. The van der Waals surface area contributed by atoms with E-state index in [4.69, 9.17) is 0 Å². The van der Waals surface area contributed by atoms with Crippen LogP contribution in [0.4, 0.5) is 0 Å². The Labute approximate surface area is 101 Å². The van der Waals surface area contributed by atoms with E-state index in [0.29, 0.717) is 17.7 Å². The van der Waals surface area contributed by atoms with Crippen LogP contribution in [0.1, 0.15) is 29.0 Å². The van der Waals surface area contributed by atoms with Gasteiger partial charge in [0.25, 0.3) is 5.91 Å². The fraction of sp³-hybridized carbons (Fsp3) is 0.667. The van der Waals surface area contributed by atoms with Crippen LogP contribution in [0.25, 0.3) is 0 Å². The number of nitrogens with one attached hydrogen (secondary N) is 2. The van der Waals surface area contributed by atoms with Crippen LogP contribution in [0.3, 0.4) is 0 Å². The van der Waals surface area contributed by atoms with Gasteiger partial charge in [0.2, 0.25) is 0 Å². The predicted octanol–water partition coefficient (Wildman–Crippen LogP) is 0.542. The molecule has 2 aliphatic rings. The van der Waals surface area contributed by atoms with Gasteiger partial charge in [-0.3, -0.25) is 9.89 Å². The first-order chi connectivity index (χ1) is 8.25. The highest BCUT2D eigenvalue weighted by atomic mass is 16.2. The van der Waals surface area contributed by atoms with Crippen molar-refractivity contribution in [3.63, 3.8) is 0 Å². The standard InChI is InChI=1S/C12H18N4O/c1-8-5-10(15-14-8)12(17)16-4-2-3-9-6-13-7-11(9)16/h5,9,11,13H,2-4,6-7H2,1H3,(H,14,15). The lowest BCUT2D eigenvalue weighted by Gasteiger charge is -2.36. The van der Waals surface area contributed by atoms with Gasteiger partial charge >= 0.3 is 0 Å². The smallest absolute Gasteiger partial charge is 0.274 e. The van der Waals surface area contributed by atoms with Crippen molar-refractivity contribution in [3.8, 4) is 0 Å². The highest BCUT2D eigenvalue weighted by Gasteiger charge is 2.38. The van der Waals surface area contributed by atoms with Crippen LogP contribution in [0.5, 0.6) is 0 Å². The van der Waals surface area contributed by atoms with Gasteiger partial charge in [-0.2, -0.15) is 5.10 Å². The maximum atomic E-state index is 12.4. The van der Waals surface area contributed by atoms with E-state index in [1.165, 1.54) is 6.42 Å². The summed E-state index contributed by atoms with van der Waals surface area (Å²) in [6.07, 6.45) is 2.35. The molecule has 1 aromatic rings. The minimum absolute atomic E-state index is 0.0766. The van der Waals surface area contributed by atoms with Crippen LogP contribution in [0.15, 0.2) is 6.07 Å². The van der Waals surface area contributed by atoms with Gasteiger partial charge in [-0.05, 0) is 31.7 Å². The number of rotatable bonds is 1. The van der Waals surface area contributed by atoms with Crippen LogP contribution in [-0.2, 0) is 0 Å². The normalized spacial score (nSPS) is 28.2. The molecule has 0 aromatic carbocycles. The number of carbonyl (C=O) groups is 1. The van der Waals surface area contributed by atoms with Crippen LogP contribution in [0, 0.1) is 12.8 Å². The van der Waals surface area contributed by atoms with E-state index in [9.17, 15) is 4.79 Å². The topological polar surface area (TPSA) is 61.0 Å². The van der Waals surface area contributed by atoms with Crippen LogP contribution in [-0.4, -0.2) is 46.7 Å². The zero-order valence-electron chi connectivity index (χ0n) is 10.1. The Morgan fingerprint density at radius 1 is 1.53 bits per heavy atom. The first-order valence-electron chi connectivity index (χ1n) is 6.29. The monoisotopic (exact) mass is 234 g/mol. The van der Waals surface area contributed by atoms with Crippen molar-refractivity contribution >= 4 is 5.91 Å². The summed E-state index contributed by atoms with van der Waals surface area (Å²) in [7, 11) is 0. The number of hydrogen-bond donors (Lipinski definition) is 2.